The number of imide groups is 1. The lowest BCUT2D eigenvalue weighted by atomic mass is 9.89. The molecule has 0 aromatic rings. The molecule has 2 aliphatic heterocycles. The van der Waals surface area contributed by atoms with E-state index in [4.69, 9.17) is 0 Å². The average molecular weight is 240 g/mol. The minimum atomic E-state index is -0.438. The summed E-state index contributed by atoms with van der Waals surface area (Å²) in [7, 11) is 1.50. The van der Waals surface area contributed by atoms with Crippen LogP contribution in [0, 0.1) is 11.8 Å². The molecule has 0 radical (unpaired) electrons. The third-order valence-electron chi connectivity index (χ3n) is 3.64. The molecule has 2 heterocycles. The fourth-order valence-corrected chi connectivity index (χ4v) is 2.69. The van der Waals surface area contributed by atoms with Crippen LogP contribution in [0.4, 0.5) is 4.79 Å². The molecular formula is C11H20N4O2. The molecule has 0 aliphatic carbocycles. The van der Waals surface area contributed by atoms with Gasteiger partial charge in [0, 0.05) is 13.6 Å². The number of piperidine rings is 1. The highest BCUT2D eigenvalue weighted by Crippen LogP contribution is 2.25. The van der Waals surface area contributed by atoms with Crippen LogP contribution in [0.25, 0.3) is 0 Å². The lowest BCUT2D eigenvalue weighted by Gasteiger charge is -2.33. The standard InChI is InChI=1S/C11H20N4O2/c1-12-11(17)14-10(16)7-15-3-2-8-4-13-5-9(8)6-15/h8-9,13H,2-7H2,1H3,(H2,12,14,16,17). The summed E-state index contributed by atoms with van der Waals surface area (Å²) in [5.41, 5.74) is 0. The second-order valence-electron chi connectivity index (χ2n) is 4.83. The van der Waals surface area contributed by atoms with Gasteiger partial charge in [-0.25, -0.2) is 4.79 Å². The molecule has 6 heteroatoms. The van der Waals surface area contributed by atoms with Gasteiger partial charge in [0.25, 0.3) is 0 Å². The summed E-state index contributed by atoms with van der Waals surface area (Å²) >= 11 is 0. The van der Waals surface area contributed by atoms with Crippen LogP contribution in [-0.2, 0) is 4.79 Å². The Balaban J connectivity index is 1.76. The summed E-state index contributed by atoms with van der Waals surface area (Å²) in [6.07, 6.45) is 1.14. The number of hydrogen-bond donors (Lipinski definition) is 3. The molecule has 2 rings (SSSR count). The zero-order valence-electron chi connectivity index (χ0n) is 10.2. The largest absolute Gasteiger partial charge is 0.341 e. The molecule has 2 saturated heterocycles. The van der Waals surface area contributed by atoms with Gasteiger partial charge in [-0.2, -0.15) is 0 Å². The van der Waals surface area contributed by atoms with Crippen LogP contribution in [0.15, 0.2) is 0 Å². The topological polar surface area (TPSA) is 73.5 Å². The van der Waals surface area contributed by atoms with E-state index < -0.39 is 6.03 Å². The van der Waals surface area contributed by atoms with E-state index in [1.54, 1.807) is 0 Å². The van der Waals surface area contributed by atoms with Crippen molar-refractivity contribution < 1.29 is 9.59 Å². The second kappa shape index (κ2) is 5.46. The van der Waals surface area contributed by atoms with Gasteiger partial charge in [-0.15, -0.1) is 0 Å². The molecule has 2 unspecified atom stereocenters. The quantitative estimate of drug-likeness (QED) is 0.578. The molecule has 0 aromatic carbocycles. The van der Waals surface area contributed by atoms with Gasteiger partial charge in [0.1, 0.15) is 0 Å². The molecule has 2 aliphatic rings. The maximum atomic E-state index is 11.5. The van der Waals surface area contributed by atoms with Crippen molar-refractivity contribution in [1.29, 1.82) is 0 Å². The van der Waals surface area contributed by atoms with E-state index >= 15 is 0 Å². The first-order valence-electron chi connectivity index (χ1n) is 6.13. The number of carbonyl (C=O) groups excluding carboxylic acids is 2. The molecule has 6 nitrogen and oxygen atoms in total. The first kappa shape index (κ1) is 12.3. The van der Waals surface area contributed by atoms with E-state index in [1.165, 1.54) is 7.05 Å². The molecule has 2 atom stereocenters. The summed E-state index contributed by atoms with van der Waals surface area (Å²) in [4.78, 5) is 24.6. The second-order valence-corrected chi connectivity index (χ2v) is 4.83. The lowest BCUT2D eigenvalue weighted by molar-refractivity contribution is -0.121. The number of urea groups is 1. The van der Waals surface area contributed by atoms with Crippen molar-refractivity contribution in [2.24, 2.45) is 11.8 Å². The molecule has 0 bridgehead atoms. The van der Waals surface area contributed by atoms with E-state index in [2.05, 4.69) is 20.9 Å². The Kier molecular flexibility index (Phi) is 3.96. The fourth-order valence-electron chi connectivity index (χ4n) is 2.69. The first-order valence-corrected chi connectivity index (χ1v) is 6.13. The Morgan fingerprint density at radius 1 is 1.35 bits per heavy atom. The number of rotatable bonds is 2. The Morgan fingerprint density at radius 2 is 2.12 bits per heavy atom. The van der Waals surface area contributed by atoms with Gasteiger partial charge in [0.05, 0.1) is 6.54 Å². The van der Waals surface area contributed by atoms with Crippen molar-refractivity contribution in [3.63, 3.8) is 0 Å². The van der Waals surface area contributed by atoms with Crippen molar-refractivity contribution in [1.82, 2.24) is 20.9 Å². The smallest absolute Gasteiger partial charge is 0.321 e. The van der Waals surface area contributed by atoms with Crippen molar-refractivity contribution >= 4 is 11.9 Å². The van der Waals surface area contributed by atoms with E-state index in [0.717, 1.165) is 38.5 Å². The van der Waals surface area contributed by atoms with Crippen LogP contribution >= 0.6 is 0 Å². The molecule has 96 valence electrons. The highest BCUT2D eigenvalue weighted by atomic mass is 16.2. The van der Waals surface area contributed by atoms with Crippen molar-refractivity contribution in [2.75, 3.05) is 39.8 Å². The van der Waals surface area contributed by atoms with Crippen LogP contribution in [0.5, 0.6) is 0 Å². The summed E-state index contributed by atoms with van der Waals surface area (Å²) in [6.45, 7) is 4.39. The summed E-state index contributed by atoms with van der Waals surface area (Å²) in [5.74, 6) is 1.21. The molecular weight excluding hydrogens is 220 g/mol. The van der Waals surface area contributed by atoms with Gasteiger partial charge in [-0.3, -0.25) is 15.0 Å². The number of nitrogens with zero attached hydrogens (tertiary/aromatic N) is 1. The van der Waals surface area contributed by atoms with E-state index in [9.17, 15) is 9.59 Å². The zero-order chi connectivity index (χ0) is 12.3. The molecule has 0 aromatic heterocycles. The van der Waals surface area contributed by atoms with Gasteiger partial charge < -0.3 is 10.6 Å². The van der Waals surface area contributed by atoms with Crippen molar-refractivity contribution in [2.45, 2.75) is 6.42 Å². The van der Waals surface area contributed by atoms with Gasteiger partial charge in [-0.1, -0.05) is 0 Å². The zero-order valence-corrected chi connectivity index (χ0v) is 10.2. The predicted molar refractivity (Wildman–Crippen MR) is 63.5 cm³/mol. The van der Waals surface area contributed by atoms with Crippen LogP contribution < -0.4 is 16.0 Å². The van der Waals surface area contributed by atoms with Gasteiger partial charge in [0.2, 0.25) is 5.91 Å². The van der Waals surface area contributed by atoms with Crippen molar-refractivity contribution in [3.05, 3.63) is 0 Å². The number of hydrogen-bond acceptors (Lipinski definition) is 4. The van der Waals surface area contributed by atoms with Crippen LogP contribution in [0.3, 0.4) is 0 Å². The molecule has 2 fully saturated rings. The SMILES string of the molecule is CNC(=O)NC(=O)CN1CCC2CNCC2C1. The number of carbonyl (C=O) groups is 2. The lowest BCUT2D eigenvalue weighted by Crippen LogP contribution is -2.47. The predicted octanol–water partition coefficient (Wildman–Crippen LogP) is -1.02. The number of likely N-dealkylation sites (tertiary alicyclic amines) is 1. The molecule has 0 spiro atoms. The minimum Gasteiger partial charge on any atom is -0.341 e. The van der Waals surface area contributed by atoms with Crippen LogP contribution in [0.1, 0.15) is 6.42 Å². The van der Waals surface area contributed by atoms with Gasteiger partial charge in [0.15, 0.2) is 0 Å². The Morgan fingerprint density at radius 3 is 2.88 bits per heavy atom. The number of amides is 3. The molecule has 0 saturated carbocycles. The monoisotopic (exact) mass is 240 g/mol. The summed E-state index contributed by atoms with van der Waals surface area (Å²) in [6, 6.07) is -0.438. The summed E-state index contributed by atoms with van der Waals surface area (Å²) in [5, 5.41) is 8.05. The van der Waals surface area contributed by atoms with Gasteiger partial charge in [-0.05, 0) is 37.9 Å². The molecule has 17 heavy (non-hydrogen) atoms. The number of nitrogens with one attached hydrogen (secondary N) is 3. The van der Waals surface area contributed by atoms with Crippen molar-refractivity contribution in [3.8, 4) is 0 Å². The van der Waals surface area contributed by atoms with Crippen LogP contribution in [0.2, 0.25) is 0 Å². The normalized spacial score (nSPS) is 28.5. The van der Waals surface area contributed by atoms with Crippen LogP contribution in [-0.4, -0.2) is 56.6 Å². The third kappa shape index (κ3) is 3.17. The Labute approximate surface area is 101 Å². The Hall–Kier alpha value is -1.14. The highest BCUT2D eigenvalue weighted by molar-refractivity contribution is 5.95. The average Bonchev–Trinajstić information content (AvgIpc) is 2.75. The Bertz CT molecular complexity index is 308. The maximum Gasteiger partial charge on any atom is 0.321 e. The first-order chi connectivity index (χ1) is 8.19. The van der Waals surface area contributed by atoms with Gasteiger partial charge >= 0.3 is 6.03 Å². The van der Waals surface area contributed by atoms with E-state index in [1.807, 2.05) is 0 Å². The highest BCUT2D eigenvalue weighted by Gasteiger charge is 2.33. The number of fused-ring (bicyclic) bond motifs is 1. The minimum absolute atomic E-state index is 0.228. The summed E-state index contributed by atoms with van der Waals surface area (Å²) < 4.78 is 0. The van der Waals surface area contributed by atoms with E-state index in [-0.39, 0.29) is 5.91 Å². The molecule has 3 amide bonds. The third-order valence-corrected chi connectivity index (χ3v) is 3.64. The molecule has 3 N–H and O–H groups in total. The van der Waals surface area contributed by atoms with E-state index in [0.29, 0.717) is 12.5 Å². The fraction of sp³-hybridized carbons (Fsp3) is 0.818. The maximum absolute atomic E-state index is 11.5.